The number of hydrogen-bond donors (Lipinski definition) is 1. The maximum atomic E-state index is 4.19. The lowest BCUT2D eigenvalue weighted by atomic mass is 10.2. The molecule has 4 nitrogen and oxygen atoms in total. The number of anilines is 1. The molecule has 1 atom stereocenters. The minimum atomic E-state index is 0.450. The first kappa shape index (κ1) is 12.0. The Labute approximate surface area is 94.6 Å². The van der Waals surface area contributed by atoms with Gasteiger partial charge in [0.15, 0.2) is 0 Å². The van der Waals surface area contributed by atoms with E-state index < -0.39 is 0 Å². The van der Waals surface area contributed by atoms with E-state index in [0.29, 0.717) is 11.9 Å². The lowest BCUT2D eigenvalue weighted by molar-refractivity contribution is 0.628. The number of aromatic nitrogens is 2. The van der Waals surface area contributed by atoms with Crippen LogP contribution in [0.4, 0.5) is 5.95 Å². The highest BCUT2D eigenvalue weighted by Crippen LogP contribution is 2.12. The van der Waals surface area contributed by atoms with Gasteiger partial charge in [0, 0.05) is 30.4 Å². The molecule has 0 amide bonds. The number of hydrogen-bond acceptors (Lipinski definition) is 5. The van der Waals surface area contributed by atoms with Gasteiger partial charge in [-0.2, -0.15) is 0 Å². The van der Waals surface area contributed by atoms with Crippen LogP contribution in [0.25, 0.3) is 0 Å². The van der Waals surface area contributed by atoms with Crippen molar-refractivity contribution in [2.75, 3.05) is 24.7 Å². The molecule has 0 saturated carbocycles. The average Bonchev–Trinajstić information content (AvgIpc) is 2.27. The number of thioether (sulfide) groups is 1. The van der Waals surface area contributed by atoms with Crippen LogP contribution in [-0.4, -0.2) is 36.0 Å². The van der Waals surface area contributed by atoms with E-state index in [9.17, 15) is 0 Å². The van der Waals surface area contributed by atoms with E-state index >= 15 is 0 Å². The Hall–Kier alpha value is -1.10. The van der Waals surface area contributed by atoms with E-state index in [1.807, 2.05) is 18.6 Å². The lowest BCUT2D eigenvalue weighted by Crippen LogP contribution is -2.15. The molecule has 0 saturated heterocycles. The number of nitrogens with one attached hydrogen (secondary N) is 1. The maximum Gasteiger partial charge on any atom is 0.222 e. The summed E-state index contributed by atoms with van der Waals surface area (Å²) in [6.45, 7) is 7.15. The van der Waals surface area contributed by atoms with Crippen LogP contribution in [0.3, 0.4) is 0 Å². The topological polar surface area (TPSA) is 50.2 Å². The fourth-order valence-corrected chi connectivity index (χ4v) is 1.38. The van der Waals surface area contributed by atoms with Crippen LogP contribution in [0.1, 0.15) is 6.92 Å². The van der Waals surface area contributed by atoms with Crippen LogP contribution >= 0.6 is 11.8 Å². The molecule has 1 rings (SSSR count). The fourth-order valence-electron chi connectivity index (χ4n) is 1.06. The predicted molar refractivity (Wildman–Crippen MR) is 65.9 cm³/mol. The Balaban J connectivity index is 2.40. The van der Waals surface area contributed by atoms with Gasteiger partial charge in [0.2, 0.25) is 5.95 Å². The van der Waals surface area contributed by atoms with Crippen molar-refractivity contribution in [1.82, 2.24) is 9.97 Å². The van der Waals surface area contributed by atoms with E-state index in [4.69, 9.17) is 0 Å². The second-order valence-corrected chi connectivity index (χ2v) is 4.22. The molecule has 0 aromatic carbocycles. The summed E-state index contributed by atoms with van der Waals surface area (Å²) < 4.78 is 0. The molecule has 0 unspecified atom stereocenters. The van der Waals surface area contributed by atoms with Gasteiger partial charge in [-0.1, -0.05) is 6.92 Å². The van der Waals surface area contributed by atoms with E-state index in [1.54, 1.807) is 11.8 Å². The molecule has 0 aliphatic carbocycles. The third kappa shape index (κ3) is 4.29. The van der Waals surface area contributed by atoms with Crippen molar-refractivity contribution in [3.63, 3.8) is 0 Å². The van der Waals surface area contributed by atoms with E-state index in [0.717, 1.165) is 18.0 Å². The smallest absolute Gasteiger partial charge is 0.222 e. The zero-order valence-corrected chi connectivity index (χ0v) is 9.92. The number of nitrogens with zero attached hydrogens (tertiary/aromatic N) is 3. The quantitative estimate of drug-likeness (QED) is 0.592. The van der Waals surface area contributed by atoms with Crippen molar-refractivity contribution in [3.05, 3.63) is 12.4 Å². The van der Waals surface area contributed by atoms with Gasteiger partial charge < -0.3 is 10.3 Å². The Kier molecular flexibility index (Phi) is 5.10. The van der Waals surface area contributed by atoms with Crippen molar-refractivity contribution in [2.45, 2.75) is 11.8 Å². The van der Waals surface area contributed by atoms with Gasteiger partial charge in [0.1, 0.15) is 0 Å². The highest BCUT2D eigenvalue weighted by molar-refractivity contribution is 7.98. The summed E-state index contributed by atoms with van der Waals surface area (Å²) in [7, 11) is 0. The molecule has 0 spiro atoms. The molecule has 82 valence electrons. The van der Waals surface area contributed by atoms with Crippen LogP contribution in [-0.2, 0) is 0 Å². The number of rotatable bonds is 6. The van der Waals surface area contributed by atoms with Gasteiger partial charge in [-0.3, -0.25) is 0 Å². The first-order chi connectivity index (χ1) is 7.26. The Morgan fingerprint density at radius 3 is 2.73 bits per heavy atom. The van der Waals surface area contributed by atoms with Crippen molar-refractivity contribution in [2.24, 2.45) is 10.9 Å². The molecule has 0 radical (unpaired) electrons. The van der Waals surface area contributed by atoms with Gasteiger partial charge in [0.25, 0.3) is 0 Å². The van der Waals surface area contributed by atoms with Crippen LogP contribution in [0, 0.1) is 5.92 Å². The van der Waals surface area contributed by atoms with Gasteiger partial charge in [-0.25, -0.2) is 9.97 Å². The molecule has 1 aromatic rings. The summed E-state index contributed by atoms with van der Waals surface area (Å²) in [5.74, 6) is 1.12. The Bertz CT molecular complexity index is 299. The monoisotopic (exact) mass is 224 g/mol. The van der Waals surface area contributed by atoms with Gasteiger partial charge in [-0.05, 0) is 18.9 Å². The van der Waals surface area contributed by atoms with E-state index in [2.05, 4.69) is 33.9 Å². The Morgan fingerprint density at radius 1 is 1.53 bits per heavy atom. The summed E-state index contributed by atoms with van der Waals surface area (Å²) >= 11 is 1.63. The fraction of sp³-hybridized carbons (Fsp3) is 0.500. The standard InChI is InChI=1S/C10H16N4S/c1-8(4-11-2)5-12-10-13-6-9(15-3)7-14-10/h6-8H,2,4-5H2,1,3H3,(H,12,13,14)/t8-/m1/s1. The summed E-state index contributed by atoms with van der Waals surface area (Å²) in [4.78, 5) is 13.3. The highest BCUT2D eigenvalue weighted by Gasteiger charge is 2.01. The second-order valence-electron chi connectivity index (χ2n) is 3.34. The minimum absolute atomic E-state index is 0.450. The predicted octanol–water partition coefficient (Wildman–Crippen LogP) is 1.95. The SMILES string of the molecule is C=NC[C@@H](C)CNc1ncc(SC)cn1. The first-order valence-electron chi connectivity index (χ1n) is 4.78. The van der Waals surface area contributed by atoms with Crippen LogP contribution < -0.4 is 5.32 Å². The summed E-state index contributed by atoms with van der Waals surface area (Å²) in [5, 5.41) is 3.16. The zero-order chi connectivity index (χ0) is 11.1. The molecule has 0 aliphatic rings. The van der Waals surface area contributed by atoms with Gasteiger partial charge in [0.05, 0.1) is 0 Å². The maximum absolute atomic E-state index is 4.19. The Morgan fingerprint density at radius 2 is 2.20 bits per heavy atom. The molecule has 1 aromatic heterocycles. The van der Waals surface area contributed by atoms with Crippen molar-refractivity contribution >= 4 is 24.4 Å². The molecule has 1 heterocycles. The van der Waals surface area contributed by atoms with Crippen LogP contribution in [0.2, 0.25) is 0 Å². The summed E-state index contributed by atoms with van der Waals surface area (Å²) in [6, 6.07) is 0. The summed E-state index contributed by atoms with van der Waals surface area (Å²) in [6.07, 6.45) is 5.64. The largest absolute Gasteiger partial charge is 0.354 e. The molecular weight excluding hydrogens is 208 g/mol. The molecule has 15 heavy (non-hydrogen) atoms. The molecule has 0 aliphatic heterocycles. The normalized spacial score (nSPS) is 12.1. The van der Waals surface area contributed by atoms with E-state index in [-0.39, 0.29) is 0 Å². The molecule has 0 bridgehead atoms. The first-order valence-corrected chi connectivity index (χ1v) is 6.01. The zero-order valence-electron chi connectivity index (χ0n) is 9.10. The lowest BCUT2D eigenvalue weighted by Gasteiger charge is -2.09. The van der Waals surface area contributed by atoms with Gasteiger partial charge in [-0.15, -0.1) is 11.8 Å². The minimum Gasteiger partial charge on any atom is -0.354 e. The van der Waals surface area contributed by atoms with Crippen LogP contribution in [0.15, 0.2) is 22.3 Å². The molecular formula is C10H16N4S. The number of aliphatic imine (C=N–C) groups is 1. The third-order valence-electron chi connectivity index (χ3n) is 1.91. The van der Waals surface area contributed by atoms with Gasteiger partial charge >= 0.3 is 0 Å². The highest BCUT2D eigenvalue weighted by atomic mass is 32.2. The average molecular weight is 224 g/mol. The van der Waals surface area contributed by atoms with Crippen LogP contribution in [0.5, 0.6) is 0 Å². The van der Waals surface area contributed by atoms with Crippen molar-refractivity contribution in [3.8, 4) is 0 Å². The second kappa shape index (κ2) is 6.40. The third-order valence-corrected chi connectivity index (χ3v) is 2.60. The molecule has 1 N–H and O–H groups in total. The summed E-state index contributed by atoms with van der Waals surface area (Å²) in [5.41, 5.74) is 0. The molecule has 0 fully saturated rings. The molecule has 5 heteroatoms. The van der Waals surface area contributed by atoms with E-state index in [1.165, 1.54) is 0 Å². The van der Waals surface area contributed by atoms with Crippen molar-refractivity contribution in [1.29, 1.82) is 0 Å². The van der Waals surface area contributed by atoms with Crippen molar-refractivity contribution < 1.29 is 0 Å².